The number of imidazole rings is 1. The molecule has 0 saturated carbocycles. The predicted molar refractivity (Wildman–Crippen MR) is 134 cm³/mol. The van der Waals surface area contributed by atoms with Gasteiger partial charge in [0.15, 0.2) is 17.4 Å². The van der Waals surface area contributed by atoms with E-state index in [1.54, 1.807) is 32.4 Å². The Morgan fingerprint density at radius 1 is 1.26 bits per heavy atom. The van der Waals surface area contributed by atoms with Crippen molar-refractivity contribution < 1.29 is 28.2 Å². The summed E-state index contributed by atoms with van der Waals surface area (Å²) in [6, 6.07) is 0. The molecule has 2 unspecified atom stereocenters. The van der Waals surface area contributed by atoms with Gasteiger partial charge in [-0.15, -0.1) is 0 Å². The summed E-state index contributed by atoms with van der Waals surface area (Å²) in [4.78, 5) is 34.1. The zero-order chi connectivity index (χ0) is 26.2. The number of hydrogen-bond donors (Lipinski definition) is 3. The van der Waals surface area contributed by atoms with Crippen LogP contribution in [0.5, 0.6) is 0 Å². The number of methoxy groups -OCH3 is 1. The van der Waals surface area contributed by atoms with E-state index in [0.29, 0.717) is 13.0 Å². The summed E-state index contributed by atoms with van der Waals surface area (Å²) in [7, 11) is 1.56. The molecule has 2 aromatic rings. The van der Waals surface area contributed by atoms with Crippen molar-refractivity contribution in [2.75, 3.05) is 26.1 Å². The highest BCUT2D eigenvalue weighted by Gasteiger charge is 2.51. The quantitative estimate of drug-likeness (QED) is 0.321. The Bertz CT molecular complexity index is 1130. The van der Waals surface area contributed by atoms with Gasteiger partial charge in [0.05, 0.1) is 31.2 Å². The lowest BCUT2D eigenvalue weighted by Gasteiger charge is -2.32. The van der Waals surface area contributed by atoms with Crippen molar-refractivity contribution in [3.63, 3.8) is 0 Å². The molecule has 1 saturated heterocycles. The molecule has 35 heavy (non-hydrogen) atoms. The molecule has 0 amide bonds. The number of nitrogens with two attached hydrogens (primary N) is 1. The van der Waals surface area contributed by atoms with Crippen LogP contribution in [0, 0.1) is 5.41 Å². The lowest BCUT2D eigenvalue weighted by Crippen LogP contribution is -2.38. The van der Waals surface area contributed by atoms with Gasteiger partial charge in [-0.3, -0.25) is 18.9 Å². The van der Waals surface area contributed by atoms with Crippen LogP contribution in [-0.2, 0) is 35.1 Å². The molecule has 0 radical (unpaired) electrons. The normalized spacial score (nSPS) is 25.3. The first-order chi connectivity index (χ1) is 16.1. The standard InChI is InChI=1S/C21H36N5O7PS/c1-20(2,3)10-12-14(32-34(28,35)33-21(4,5)6)15(30-9-8-29-7)18(31-12)26-11-23-13-16(26)24-19(22)25-17(13)27/h11-12,14-15,18H,8-10H2,1-7H3,(H,28,35)(H3,22,24,25,27)/t12-,14?,15+,18-,34?/m1/s1. The van der Waals surface area contributed by atoms with Gasteiger partial charge >= 0.3 is 6.72 Å². The average Bonchev–Trinajstić information content (AvgIpc) is 3.21. The van der Waals surface area contributed by atoms with E-state index in [4.69, 9.17) is 40.8 Å². The number of anilines is 1. The van der Waals surface area contributed by atoms with Crippen molar-refractivity contribution in [3.05, 3.63) is 16.7 Å². The van der Waals surface area contributed by atoms with Crippen LogP contribution < -0.4 is 11.3 Å². The van der Waals surface area contributed by atoms with Crippen LogP contribution in [0.15, 0.2) is 11.1 Å². The molecule has 1 aliphatic heterocycles. The van der Waals surface area contributed by atoms with Gasteiger partial charge in [0.2, 0.25) is 5.95 Å². The number of aromatic nitrogens is 4. The van der Waals surface area contributed by atoms with Crippen LogP contribution in [0.3, 0.4) is 0 Å². The van der Waals surface area contributed by atoms with Crippen molar-refractivity contribution in [3.8, 4) is 0 Å². The molecule has 5 atom stereocenters. The highest BCUT2D eigenvalue weighted by Crippen LogP contribution is 2.53. The third kappa shape index (κ3) is 7.30. The average molecular weight is 534 g/mol. The van der Waals surface area contributed by atoms with E-state index in [9.17, 15) is 9.69 Å². The van der Waals surface area contributed by atoms with Crippen LogP contribution >= 0.6 is 6.72 Å². The number of H-pyrrole nitrogens is 1. The number of hydrogen-bond acceptors (Lipinski definition) is 10. The lowest BCUT2D eigenvalue weighted by molar-refractivity contribution is -0.0774. The number of nitrogens with zero attached hydrogens (tertiary/aromatic N) is 3. The van der Waals surface area contributed by atoms with E-state index in [1.165, 1.54) is 6.33 Å². The van der Waals surface area contributed by atoms with Crippen molar-refractivity contribution in [2.24, 2.45) is 5.41 Å². The second kappa shape index (κ2) is 10.5. The van der Waals surface area contributed by atoms with Crippen LogP contribution in [0.25, 0.3) is 11.2 Å². The number of nitrogens with one attached hydrogen (secondary N) is 1. The third-order valence-electron chi connectivity index (χ3n) is 5.07. The Balaban J connectivity index is 2.06. The second-order valence-corrected chi connectivity index (χ2v) is 13.4. The van der Waals surface area contributed by atoms with E-state index in [-0.39, 0.29) is 29.1 Å². The van der Waals surface area contributed by atoms with Crippen molar-refractivity contribution in [2.45, 2.75) is 78.1 Å². The summed E-state index contributed by atoms with van der Waals surface area (Å²) in [5.74, 6) is -0.0532. The molecule has 198 valence electrons. The highest BCUT2D eigenvalue weighted by atomic mass is 32.5. The minimum Gasteiger partial charge on any atom is -0.382 e. The first-order valence-corrected chi connectivity index (χ1v) is 13.9. The van der Waals surface area contributed by atoms with Crippen molar-refractivity contribution in [1.82, 2.24) is 19.5 Å². The second-order valence-electron chi connectivity index (χ2n) is 10.7. The molecular weight excluding hydrogens is 497 g/mol. The Morgan fingerprint density at radius 2 is 1.94 bits per heavy atom. The first-order valence-electron chi connectivity index (χ1n) is 11.3. The smallest absolute Gasteiger partial charge is 0.325 e. The monoisotopic (exact) mass is 533 g/mol. The molecule has 2 aromatic heterocycles. The molecule has 0 aliphatic carbocycles. The van der Waals surface area contributed by atoms with Gasteiger partial charge in [-0.25, -0.2) is 4.98 Å². The summed E-state index contributed by atoms with van der Waals surface area (Å²) < 4.78 is 31.1. The summed E-state index contributed by atoms with van der Waals surface area (Å²) in [5, 5.41) is 0. The fourth-order valence-corrected chi connectivity index (χ4v) is 6.19. The molecule has 0 spiro atoms. The molecule has 0 aromatic carbocycles. The number of aromatic amines is 1. The number of nitrogen functional groups attached to an aromatic ring is 1. The molecule has 0 bridgehead atoms. The first kappa shape index (κ1) is 28.1. The van der Waals surface area contributed by atoms with Gasteiger partial charge in [-0.2, -0.15) is 4.98 Å². The summed E-state index contributed by atoms with van der Waals surface area (Å²) in [5.41, 5.74) is 4.78. The third-order valence-corrected chi connectivity index (χ3v) is 6.84. The van der Waals surface area contributed by atoms with Crippen molar-refractivity contribution >= 4 is 35.6 Å². The van der Waals surface area contributed by atoms with Crippen LogP contribution in [0.4, 0.5) is 5.95 Å². The molecular formula is C21H36N5O7PS. The maximum atomic E-state index is 12.3. The number of rotatable bonds is 9. The SMILES string of the molecule is COCCO[C@H]1C(OP(O)(=S)OC(C)(C)C)[C@@H](CC(C)(C)C)O[C@H]1n1cnc2c(=O)[nH]c(N)nc21. The Morgan fingerprint density at radius 3 is 2.54 bits per heavy atom. The van der Waals surface area contributed by atoms with Gasteiger partial charge in [-0.05, 0) is 44.4 Å². The minimum atomic E-state index is -3.68. The number of ether oxygens (including phenoxy) is 3. The molecule has 1 fully saturated rings. The van der Waals surface area contributed by atoms with E-state index >= 15 is 0 Å². The van der Waals surface area contributed by atoms with Crippen LogP contribution in [0.1, 0.15) is 54.2 Å². The Labute approximate surface area is 209 Å². The largest absolute Gasteiger partial charge is 0.382 e. The molecule has 3 heterocycles. The van der Waals surface area contributed by atoms with Crippen LogP contribution in [0.2, 0.25) is 0 Å². The van der Waals surface area contributed by atoms with Gasteiger partial charge in [0.25, 0.3) is 5.56 Å². The van der Waals surface area contributed by atoms with E-state index < -0.39 is 42.4 Å². The summed E-state index contributed by atoms with van der Waals surface area (Å²) in [6.45, 7) is 8.41. The molecule has 12 nitrogen and oxygen atoms in total. The molecule has 1 aliphatic rings. The predicted octanol–water partition coefficient (Wildman–Crippen LogP) is 2.48. The molecule has 3 rings (SSSR count). The van der Waals surface area contributed by atoms with E-state index in [1.807, 2.05) is 0 Å². The van der Waals surface area contributed by atoms with Gasteiger partial charge in [-0.1, -0.05) is 20.8 Å². The van der Waals surface area contributed by atoms with Crippen molar-refractivity contribution in [1.29, 1.82) is 0 Å². The maximum Gasteiger partial charge on any atom is 0.325 e. The van der Waals surface area contributed by atoms with E-state index in [0.717, 1.165) is 0 Å². The zero-order valence-electron chi connectivity index (χ0n) is 21.2. The van der Waals surface area contributed by atoms with E-state index in [2.05, 4.69) is 35.7 Å². The summed E-state index contributed by atoms with van der Waals surface area (Å²) in [6.07, 6.45) is -0.858. The van der Waals surface area contributed by atoms with Gasteiger partial charge in [0, 0.05) is 7.11 Å². The molecule has 4 N–H and O–H groups in total. The van der Waals surface area contributed by atoms with Gasteiger partial charge < -0.3 is 29.4 Å². The zero-order valence-corrected chi connectivity index (χ0v) is 22.9. The fraction of sp³-hybridized carbons (Fsp3) is 0.762. The van der Waals surface area contributed by atoms with Crippen LogP contribution in [-0.4, -0.2) is 68.6 Å². The topological polar surface area (TPSA) is 156 Å². The summed E-state index contributed by atoms with van der Waals surface area (Å²) >= 11 is 5.35. The maximum absolute atomic E-state index is 12.3. The highest BCUT2D eigenvalue weighted by molar-refractivity contribution is 8.07. The minimum absolute atomic E-state index is 0.0532. The lowest BCUT2D eigenvalue weighted by atomic mass is 9.87. The molecule has 14 heteroatoms. The number of fused-ring (bicyclic) bond motifs is 1. The fourth-order valence-electron chi connectivity index (χ4n) is 3.92. The Hall–Kier alpha value is -1.44. The Kier molecular flexibility index (Phi) is 8.45. The van der Waals surface area contributed by atoms with Gasteiger partial charge in [0.1, 0.15) is 12.2 Å².